The van der Waals surface area contributed by atoms with E-state index in [0.717, 1.165) is 42.8 Å². The Balaban J connectivity index is 0.000000151. The zero-order chi connectivity index (χ0) is 32.5. The quantitative estimate of drug-likeness (QED) is 0.183. The summed E-state index contributed by atoms with van der Waals surface area (Å²) in [6.45, 7) is 4.26. The number of phenolic OH excluding ortho intramolecular Hbond substituents is 1. The van der Waals surface area contributed by atoms with Crippen molar-refractivity contribution in [1.82, 2.24) is 9.97 Å². The standard InChI is InChI=1S/C22H19NO.C21H24N3.Pt/c24-20-8-4-3-7-18(20)21-19-14-22(13-17(19)9-10-23-21)11-15-5-1-2-6-16(15)12-22;1-17-15-23(20-10-6-3-7-11-20)16-24(17)21-14-19(12-13-22-21)18-8-4-2-5-9-18;/h1-10,24H,11-14H2;3,6-7,10-16,18H,2,4-5,8-9H2,1H3;/q;-1;. The molecule has 0 atom stereocenters. The SMILES string of the molecule is CC1=CN(c2ccccc2)[CH-]N1c1cc(C2CCCCC2)ccn1.Oc1ccccc1-c1nccc2c1CC1(Cc3ccccc3C1)C2.[Pt]. The number of aromatic hydroxyl groups is 1. The summed E-state index contributed by atoms with van der Waals surface area (Å²) in [6.07, 6.45) is 17.2. The Bertz CT molecular complexity index is 1930. The van der Waals surface area contributed by atoms with Crippen LogP contribution in [0.5, 0.6) is 5.75 Å². The van der Waals surface area contributed by atoms with E-state index in [4.69, 9.17) is 0 Å². The summed E-state index contributed by atoms with van der Waals surface area (Å²) in [5, 5.41) is 10.3. The van der Waals surface area contributed by atoms with Crippen LogP contribution in [0.15, 0.2) is 121 Å². The van der Waals surface area contributed by atoms with Gasteiger partial charge in [-0.3, -0.25) is 4.98 Å². The molecule has 6 heteroatoms. The summed E-state index contributed by atoms with van der Waals surface area (Å²) in [5.41, 5.74) is 11.6. The van der Waals surface area contributed by atoms with E-state index < -0.39 is 0 Å². The van der Waals surface area contributed by atoms with Crippen molar-refractivity contribution in [2.45, 2.75) is 70.6 Å². The van der Waals surface area contributed by atoms with Gasteiger partial charge in [0, 0.05) is 50.4 Å². The average Bonchev–Trinajstić information content (AvgIpc) is 3.82. The second-order valence-electron chi connectivity index (χ2n) is 14.1. The van der Waals surface area contributed by atoms with E-state index in [1.165, 1.54) is 71.3 Å². The molecule has 4 aliphatic rings. The van der Waals surface area contributed by atoms with Gasteiger partial charge in [0.25, 0.3) is 0 Å². The average molecular weight is 827 g/mol. The first-order valence-electron chi connectivity index (χ1n) is 17.5. The van der Waals surface area contributed by atoms with Gasteiger partial charge in [0.1, 0.15) is 11.6 Å². The molecule has 1 fully saturated rings. The first kappa shape index (κ1) is 33.3. The van der Waals surface area contributed by atoms with Crippen LogP contribution in [0.1, 0.15) is 72.8 Å². The molecule has 5 aromatic rings. The molecule has 1 N–H and O–H groups in total. The molecule has 1 aliphatic heterocycles. The monoisotopic (exact) mass is 826 g/mol. The van der Waals surface area contributed by atoms with Crippen LogP contribution < -0.4 is 9.80 Å². The molecule has 0 saturated heterocycles. The van der Waals surface area contributed by atoms with Crippen LogP contribution in [0.2, 0.25) is 0 Å². The van der Waals surface area contributed by atoms with Gasteiger partial charge < -0.3 is 14.9 Å². The van der Waals surface area contributed by atoms with Gasteiger partial charge in [0.15, 0.2) is 0 Å². The Morgan fingerprint density at radius 3 is 2.16 bits per heavy atom. The number of para-hydroxylation sites is 2. The van der Waals surface area contributed by atoms with E-state index in [1.807, 2.05) is 36.7 Å². The molecule has 9 rings (SSSR count). The van der Waals surface area contributed by atoms with Crippen molar-refractivity contribution in [3.8, 4) is 17.0 Å². The normalized spacial score (nSPS) is 17.5. The van der Waals surface area contributed by atoms with Crippen molar-refractivity contribution in [1.29, 1.82) is 0 Å². The van der Waals surface area contributed by atoms with Crippen LogP contribution in [0.25, 0.3) is 11.3 Å². The third-order valence-corrected chi connectivity index (χ3v) is 10.8. The summed E-state index contributed by atoms with van der Waals surface area (Å²) in [7, 11) is 0. The van der Waals surface area contributed by atoms with Gasteiger partial charge in [-0.15, -0.1) is 6.67 Å². The molecule has 3 heterocycles. The molecule has 49 heavy (non-hydrogen) atoms. The summed E-state index contributed by atoms with van der Waals surface area (Å²) in [5.74, 6) is 2.04. The maximum atomic E-state index is 10.3. The minimum atomic E-state index is 0. The summed E-state index contributed by atoms with van der Waals surface area (Å²) >= 11 is 0. The maximum Gasteiger partial charge on any atom is 0.124 e. The minimum Gasteiger partial charge on any atom is -0.507 e. The molecule has 0 bridgehead atoms. The number of rotatable bonds is 4. The topological polar surface area (TPSA) is 52.5 Å². The second kappa shape index (κ2) is 14.3. The van der Waals surface area contributed by atoms with E-state index in [9.17, 15) is 5.11 Å². The van der Waals surface area contributed by atoms with Gasteiger partial charge >= 0.3 is 0 Å². The summed E-state index contributed by atoms with van der Waals surface area (Å²) < 4.78 is 0. The molecule has 0 amide bonds. The number of benzene rings is 3. The predicted molar refractivity (Wildman–Crippen MR) is 195 cm³/mol. The van der Waals surface area contributed by atoms with Gasteiger partial charge in [-0.25, -0.2) is 4.98 Å². The number of nitrogens with zero attached hydrogens (tertiary/aromatic N) is 4. The van der Waals surface area contributed by atoms with Crippen molar-refractivity contribution >= 4 is 11.5 Å². The van der Waals surface area contributed by atoms with Crippen molar-refractivity contribution < 1.29 is 26.2 Å². The Kier molecular flexibility index (Phi) is 9.74. The number of hydrogen-bond donors (Lipinski definition) is 1. The minimum absolute atomic E-state index is 0. The second-order valence-corrected chi connectivity index (χ2v) is 14.1. The first-order valence-corrected chi connectivity index (χ1v) is 17.5. The fourth-order valence-electron chi connectivity index (χ4n) is 8.41. The van der Waals surface area contributed by atoms with E-state index in [-0.39, 0.29) is 21.1 Å². The molecular formula is C43H43N4OPt-. The van der Waals surface area contributed by atoms with Crippen LogP contribution in [0.4, 0.5) is 11.5 Å². The smallest absolute Gasteiger partial charge is 0.124 e. The van der Waals surface area contributed by atoms with Crippen LogP contribution in [-0.4, -0.2) is 15.1 Å². The predicted octanol–water partition coefficient (Wildman–Crippen LogP) is 9.77. The van der Waals surface area contributed by atoms with E-state index >= 15 is 0 Å². The summed E-state index contributed by atoms with van der Waals surface area (Å²) in [6, 6.07) is 33.4. The zero-order valence-electron chi connectivity index (χ0n) is 28.0. The van der Waals surface area contributed by atoms with Crippen molar-refractivity contribution in [3.63, 3.8) is 0 Å². The molecule has 3 aromatic carbocycles. The summed E-state index contributed by atoms with van der Waals surface area (Å²) in [4.78, 5) is 13.6. The number of hydrogen-bond acceptors (Lipinski definition) is 5. The molecule has 252 valence electrons. The third kappa shape index (κ3) is 6.83. The van der Waals surface area contributed by atoms with E-state index in [1.54, 1.807) is 6.07 Å². The first-order chi connectivity index (χ1) is 23.6. The van der Waals surface area contributed by atoms with Crippen molar-refractivity contribution in [2.75, 3.05) is 9.80 Å². The van der Waals surface area contributed by atoms with E-state index in [2.05, 4.69) is 106 Å². The van der Waals surface area contributed by atoms with Crippen molar-refractivity contribution in [2.24, 2.45) is 5.41 Å². The number of allylic oxidation sites excluding steroid dienone is 1. The Morgan fingerprint density at radius 2 is 1.41 bits per heavy atom. The molecule has 1 saturated carbocycles. The van der Waals surface area contributed by atoms with Gasteiger partial charge in [-0.05, 0) is 133 Å². The van der Waals surface area contributed by atoms with Gasteiger partial charge in [-0.1, -0.05) is 73.9 Å². The van der Waals surface area contributed by atoms with Crippen LogP contribution in [0.3, 0.4) is 0 Å². The Labute approximate surface area is 305 Å². The van der Waals surface area contributed by atoms with Gasteiger partial charge in [0.2, 0.25) is 0 Å². The number of phenols is 1. The van der Waals surface area contributed by atoms with Gasteiger partial charge in [0.05, 0.1) is 5.69 Å². The van der Waals surface area contributed by atoms with Crippen LogP contribution in [-0.2, 0) is 46.7 Å². The van der Waals surface area contributed by atoms with E-state index in [0.29, 0.717) is 17.1 Å². The third-order valence-electron chi connectivity index (χ3n) is 10.8. The Hall–Kier alpha value is -4.21. The number of anilines is 2. The van der Waals surface area contributed by atoms with Gasteiger partial charge in [-0.2, -0.15) is 0 Å². The number of pyridine rings is 2. The molecule has 5 nitrogen and oxygen atoms in total. The van der Waals surface area contributed by atoms with Crippen LogP contribution in [0, 0.1) is 12.1 Å². The van der Waals surface area contributed by atoms with Crippen LogP contribution >= 0.6 is 0 Å². The molecule has 0 radical (unpaired) electrons. The molecule has 2 aromatic heterocycles. The fourth-order valence-corrected chi connectivity index (χ4v) is 8.41. The zero-order valence-corrected chi connectivity index (χ0v) is 30.3. The molecule has 3 aliphatic carbocycles. The maximum absolute atomic E-state index is 10.3. The Morgan fingerprint density at radius 1 is 0.735 bits per heavy atom. The van der Waals surface area contributed by atoms with Crippen molar-refractivity contribution in [3.05, 3.63) is 156 Å². The molecular weight excluding hydrogens is 784 g/mol. The fraction of sp³-hybridized carbons (Fsp3) is 0.279. The number of fused-ring (bicyclic) bond motifs is 2. The number of aromatic nitrogens is 2. The molecule has 1 spiro atoms. The largest absolute Gasteiger partial charge is 0.507 e. The molecule has 0 unspecified atom stereocenters.